The van der Waals surface area contributed by atoms with Gasteiger partial charge in [-0.1, -0.05) is 0 Å². The minimum absolute atomic E-state index is 0.0353. The number of piperidine rings is 1. The number of imidazole rings is 1. The van der Waals surface area contributed by atoms with E-state index in [1.165, 1.54) is 31.4 Å². The van der Waals surface area contributed by atoms with Gasteiger partial charge in [0.25, 0.3) is 5.91 Å². The topological polar surface area (TPSA) is 76.9 Å². The van der Waals surface area contributed by atoms with Crippen molar-refractivity contribution in [2.75, 3.05) is 40.0 Å². The molecule has 1 aromatic heterocycles. The summed E-state index contributed by atoms with van der Waals surface area (Å²) < 4.78 is 25.5. The Kier molecular flexibility index (Phi) is 8.00. The maximum Gasteiger partial charge on any atom is 0.260 e. The summed E-state index contributed by atoms with van der Waals surface area (Å²) in [5.74, 6) is 0.837. The maximum absolute atomic E-state index is 13.0. The smallest absolute Gasteiger partial charge is 0.260 e. The molecule has 2 heterocycles. The van der Waals surface area contributed by atoms with Crippen LogP contribution in [0.15, 0.2) is 36.7 Å². The van der Waals surface area contributed by atoms with Gasteiger partial charge in [-0.05, 0) is 44.0 Å². The first-order chi connectivity index (χ1) is 15.0. The predicted octanol–water partition coefficient (Wildman–Crippen LogP) is 1.88. The second-order valence-electron chi connectivity index (χ2n) is 7.54. The highest BCUT2D eigenvalue weighted by Gasteiger charge is 2.29. The molecule has 0 radical (unpaired) electrons. The van der Waals surface area contributed by atoms with Crippen LogP contribution in [0.3, 0.4) is 0 Å². The normalized spacial score (nSPS) is 14.5. The van der Waals surface area contributed by atoms with E-state index in [1.807, 2.05) is 22.6 Å². The van der Waals surface area contributed by atoms with Gasteiger partial charge < -0.3 is 23.8 Å². The van der Waals surface area contributed by atoms with Crippen molar-refractivity contribution in [1.29, 1.82) is 0 Å². The van der Waals surface area contributed by atoms with Gasteiger partial charge in [-0.15, -0.1) is 0 Å². The predicted molar refractivity (Wildman–Crippen MR) is 112 cm³/mol. The summed E-state index contributed by atoms with van der Waals surface area (Å²) in [5, 5.41) is 0. The van der Waals surface area contributed by atoms with Crippen molar-refractivity contribution >= 4 is 11.8 Å². The van der Waals surface area contributed by atoms with Gasteiger partial charge in [-0.3, -0.25) is 9.59 Å². The molecule has 0 saturated carbocycles. The number of amides is 2. The van der Waals surface area contributed by atoms with Gasteiger partial charge in [0, 0.05) is 51.7 Å². The van der Waals surface area contributed by atoms with E-state index in [0.29, 0.717) is 44.8 Å². The van der Waals surface area contributed by atoms with Crippen LogP contribution < -0.4 is 4.74 Å². The Morgan fingerprint density at radius 3 is 2.52 bits per heavy atom. The number of ether oxygens (including phenoxy) is 2. The fraction of sp³-hybridized carbons (Fsp3) is 0.500. The summed E-state index contributed by atoms with van der Waals surface area (Å²) >= 11 is 0. The van der Waals surface area contributed by atoms with Crippen LogP contribution in [0.5, 0.6) is 5.75 Å². The largest absolute Gasteiger partial charge is 0.484 e. The molecular formula is C22H29FN4O4. The molecule has 0 bridgehead atoms. The van der Waals surface area contributed by atoms with E-state index >= 15 is 0 Å². The first-order valence-corrected chi connectivity index (χ1v) is 10.4. The van der Waals surface area contributed by atoms with Crippen LogP contribution in [0.2, 0.25) is 0 Å². The van der Waals surface area contributed by atoms with Crippen molar-refractivity contribution in [3.8, 4) is 5.75 Å². The molecule has 168 valence electrons. The van der Waals surface area contributed by atoms with Crippen LogP contribution in [-0.4, -0.2) is 77.2 Å². The van der Waals surface area contributed by atoms with Crippen LogP contribution in [-0.2, 0) is 20.9 Å². The van der Waals surface area contributed by atoms with Crippen molar-refractivity contribution in [3.05, 3.63) is 48.3 Å². The SMILES string of the molecule is COCC(=O)N(CCn1ccnc1C)C1CCN(C(=O)COc2ccc(F)cc2)CC1. The van der Waals surface area contributed by atoms with Gasteiger partial charge in [0.1, 0.15) is 24.0 Å². The number of hydrogen-bond donors (Lipinski definition) is 0. The van der Waals surface area contributed by atoms with Gasteiger partial charge >= 0.3 is 0 Å². The van der Waals surface area contributed by atoms with E-state index in [4.69, 9.17) is 9.47 Å². The zero-order chi connectivity index (χ0) is 22.2. The summed E-state index contributed by atoms with van der Waals surface area (Å²) in [4.78, 5) is 33.0. The van der Waals surface area contributed by atoms with Gasteiger partial charge in [0.2, 0.25) is 5.91 Å². The molecule has 1 fully saturated rings. The number of hydrogen-bond acceptors (Lipinski definition) is 5. The average Bonchev–Trinajstić information content (AvgIpc) is 3.18. The number of methoxy groups -OCH3 is 1. The number of nitrogens with zero attached hydrogens (tertiary/aromatic N) is 4. The minimum Gasteiger partial charge on any atom is -0.484 e. The number of halogens is 1. The molecule has 3 rings (SSSR count). The monoisotopic (exact) mass is 432 g/mol. The van der Waals surface area contributed by atoms with Crippen LogP contribution >= 0.6 is 0 Å². The molecule has 2 aromatic rings. The maximum atomic E-state index is 13.0. The number of carbonyl (C=O) groups excluding carboxylic acids is 2. The summed E-state index contributed by atoms with van der Waals surface area (Å²) in [6.45, 7) is 4.20. The minimum atomic E-state index is -0.350. The molecule has 1 aromatic carbocycles. The van der Waals surface area contributed by atoms with Crippen LogP contribution in [0.25, 0.3) is 0 Å². The second kappa shape index (κ2) is 10.9. The molecular weight excluding hydrogens is 403 g/mol. The number of likely N-dealkylation sites (tertiary alicyclic amines) is 1. The van der Waals surface area contributed by atoms with Crippen LogP contribution in [0.1, 0.15) is 18.7 Å². The summed E-state index contributed by atoms with van der Waals surface area (Å²) in [6, 6.07) is 5.63. The Bertz CT molecular complexity index is 863. The highest BCUT2D eigenvalue weighted by atomic mass is 19.1. The van der Waals surface area contributed by atoms with E-state index in [0.717, 1.165) is 5.82 Å². The lowest BCUT2D eigenvalue weighted by molar-refractivity contribution is -0.140. The first kappa shape index (κ1) is 22.7. The third-order valence-electron chi connectivity index (χ3n) is 5.53. The standard InChI is InChI=1S/C22H29FN4O4/c1-17-24-9-12-25(17)13-14-27(22(29)15-30-2)19-7-10-26(11-8-19)21(28)16-31-20-5-3-18(23)4-6-20/h3-6,9,12,19H,7-8,10-11,13-16H2,1-2H3. The van der Waals surface area contributed by atoms with Gasteiger partial charge in [0.15, 0.2) is 6.61 Å². The Hall–Kier alpha value is -2.94. The number of aromatic nitrogens is 2. The summed E-state index contributed by atoms with van der Waals surface area (Å²) in [6.07, 6.45) is 5.03. The molecule has 9 heteroatoms. The highest BCUT2D eigenvalue weighted by Crippen LogP contribution is 2.18. The molecule has 2 amide bonds. The number of carbonyl (C=O) groups is 2. The van der Waals surface area contributed by atoms with E-state index in [-0.39, 0.29) is 36.9 Å². The Labute approximate surface area is 181 Å². The van der Waals surface area contributed by atoms with Crippen LogP contribution in [0, 0.1) is 12.7 Å². The number of benzene rings is 1. The van der Waals surface area contributed by atoms with Crippen molar-refractivity contribution in [3.63, 3.8) is 0 Å². The lowest BCUT2D eigenvalue weighted by Gasteiger charge is -2.38. The number of rotatable bonds is 9. The molecule has 0 unspecified atom stereocenters. The molecule has 1 aliphatic rings. The molecule has 0 aliphatic carbocycles. The molecule has 0 N–H and O–H groups in total. The van der Waals surface area contributed by atoms with Crippen molar-refractivity contribution in [2.24, 2.45) is 0 Å². The van der Waals surface area contributed by atoms with Crippen molar-refractivity contribution < 1.29 is 23.5 Å². The fourth-order valence-corrected chi connectivity index (χ4v) is 3.77. The molecule has 1 aliphatic heterocycles. The molecule has 31 heavy (non-hydrogen) atoms. The highest BCUT2D eigenvalue weighted by molar-refractivity contribution is 5.79. The van der Waals surface area contributed by atoms with E-state index in [9.17, 15) is 14.0 Å². The lowest BCUT2D eigenvalue weighted by Crippen LogP contribution is -2.51. The summed E-state index contributed by atoms with van der Waals surface area (Å²) in [5.41, 5.74) is 0. The van der Waals surface area contributed by atoms with Gasteiger partial charge in [-0.2, -0.15) is 0 Å². The lowest BCUT2D eigenvalue weighted by atomic mass is 10.0. The van der Waals surface area contributed by atoms with E-state index in [2.05, 4.69) is 4.98 Å². The molecule has 1 saturated heterocycles. The third kappa shape index (κ3) is 6.27. The number of aryl methyl sites for hydroxylation is 1. The van der Waals surface area contributed by atoms with Gasteiger partial charge in [-0.25, -0.2) is 9.37 Å². The Balaban J connectivity index is 1.51. The average molecular weight is 432 g/mol. The third-order valence-corrected chi connectivity index (χ3v) is 5.53. The zero-order valence-electron chi connectivity index (χ0n) is 18.0. The first-order valence-electron chi connectivity index (χ1n) is 10.4. The summed E-state index contributed by atoms with van der Waals surface area (Å²) in [7, 11) is 1.51. The Morgan fingerprint density at radius 2 is 1.90 bits per heavy atom. The van der Waals surface area contributed by atoms with Crippen LogP contribution in [0.4, 0.5) is 4.39 Å². The van der Waals surface area contributed by atoms with Gasteiger partial charge in [0.05, 0.1) is 0 Å². The Morgan fingerprint density at radius 1 is 1.19 bits per heavy atom. The second-order valence-corrected chi connectivity index (χ2v) is 7.54. The molecule has 0 atom stereocenters. The van der Waals surface area contributed by atoms with Crippen molar-refractivity contribution in [2.45, 2.75) is 32.4 Å². The van der Waals surface area contributed by atoms with Crippen molar-refractivity contribution in [1.82, 2.24) is 19.4 Å². The molecule has 8 nitrogen and oxygen atoms in total. The van der Waals surface area contributed by atoms with E-state index < -0.39 is 0 Å². The molecule has 0 spiro atoms. The zero-order valence-corrected chi connectivity index (χ0v) is 18.0. The fourth-order valence-electron chi connectivity index (χ4n) is 3.77. The quantitative estimate of drug-likeness (QED) is 0.605. The van der Waals surface area contributed by atoms with E-state index in [1.54, 1.807) is 11.1 Å².